The molecule has 1 aliphatic rings. The van der Waals surface area contributed by atoms with E-state index in [2.05, 4.69) is 4.74 Å². The quantitative estimate of drug-likeness (QED) is 0.715. The molecule has 0 fully saturated rings. The molecule has 0 bridgehead atoms. The number of methoxy groups -OCH3 is 1. The number of hydrogen-bond donors (Lipinski definition) is 0. The number of esters is 1. The SMILES string of the molecule is CC.COC(=O)c1cc(C2=CCN(C(=O)OC(C)(C)C)CC2)ccc1F. The number of amides is 1. The third-order valence-corrected chi connectivity index (χ3v) is 3.60. The molecule has 0 spiro atoms. The number of carbonyl (C=O) groups excluding carboxylic acids is 2. The molecule has 0 aromatic heterocycles. The summed E-state index contributed by atoms with van der Waals surface area (Å²) in [5.41, 5.74) is 1.08. The smallest absolute Gasteiger partial charge is 0.410 e. The van der Waals surface area contributed by atoms with E-state index >= 15 is 0 Å². The van der Waals surface area contributed by atoms with Gasteiger partial charge in [-0.1, -0.05) is 26.0 Å². The van der Waals surface area contributed by atoms with Crippen molar-refractivity contribution in [3.63, 3.8) is 0 Å². The van der Waals surface area contributed by atoms with Crippen molar-refractivity contribution in [2.45, 2.75) is 46.6 Å². The minimum absolute atomic E-state index is 0.0922. The highest BCUT2D eigenvalue weighted by atomic mass is 19.1. The summed E-state index contributed by atoms with van der Waals surface area (Å²) in [4.78, 5) is 25.3. The first-order valence-electron chi connectivity index (χ1n) is 8.76. The van der Waals surface area contributed by atoms with Crippen molar-refractivity contribution < 1.29 is 23.5 Å². The van der Waals surface area contributed by atoms with E-state index in [-0.39, 0.29) is 11.7 Å². The fourth-order valence-electron chi connectivity index (χ4n) is 2.42. The first-order valence-corrected chi connectivity index (χ1v) is 8.76. The van der Waals surface area contributed by atoms with Gasteiger partial charge in [-0.25, -0.2) is 14.0 Å². The van der Waals surface area contributed by atoms with Gasteiger partial charge in [0.15, 0.2) is 0 Å². The van der Waals surface area contributed by atoms with Crippen LogP contribution in [0.1, 0.15) is 57.0 Å². The minimum atomic E-state index is -0.707. The van der Waals surface area contributed by atoms with E-state index in [9.17, 15) is 14.0 Å². The summed E-state index contributed by atoms with van der Waals surface area (Å²) in [6.07, 6.45) is 2.14. The predicted molar refractivity (Wildman–Crippen MR) is 99.5 cm³/mol. The van der Waals surface area contributed by atoms with Crippen LogP contribution in [0.25, 0.3) is 5.57 Å². The lowest BCUT2D eigenvalue weighted by Crippen LogP contribution is -2.39. The van der Waals surface area contributed by atoms with Crippen LogP contribution >= 0.6 is 0 Å². The Morgan fingerprint density at radius 1 is 1.19 bits per heavy atom. The molecule has 1 amide bonds. The van der Waals surface area contributed by atoms with E-state index in [1.807, 2.05) is 40.7 Å². The molecule has 1 heterocycles. The van der Waals surface area contributed by atoms with E-state index < -0.39 is 17.4 Å². The molecule has 0 aliphatic carbocycles. The van der Waals surface area contributed by atoms with Gasteiger partial charge in [0, 0.05) is 13.1 Å². The maximum atomic E-state index is 13.7. The van der Waals surface area contributed by atoms with Crippen LogP contribution in [-0.2, 0) is 9.47 Å². The summed E-state index contributed by atoms with van der Waals surface area (Å²) in [6, 6.07) is 4.36. The number of ether oxygens (including phenoxy) is 2. The first kappa shape index (κ1) is 21.7. The number of rotatable bonds is 2. The maximum Gasteiger partial charge on any atom is 0.410 e. The predicted octanol–water partition coefficient (Wildman–Crippen LogP) is 4.66. The lowest BCUT2D eigenvalue weighted by atomic mass is 9.97. The van der Waals surface area contributed by atoms with Crippen LogP contribution in [0.4, 0.5) is 9.18 Å². The second-order valence-electron chi connectivity index (χ2n) is 6.59. The van der Waals surface area contributed by atoms with Gasteiger partial charge in [-0.05, 0) is 50.5 Å². The number of benzene rings is 1. The van der Waals surface area contributed by atoms with Crippen molar-refractivity contribution in [1.29, 1.82) is 0 Å². The van der Waals surface area contributed by atoms with E-state index in [4.69, 9.17) is 4.74 Å². The molecule has 0 N–H and O–H groups in total. The number of halogens is 1. The first-order chi connectivity index (χ1) is 12.2. The van der Waals surface area contributed by atoms with Crippen LogP contribution in [0, 0.1) is 5.82 Å². The van der Waals surface area contributed by atoms with Gasteiger partial charge in [-0.3, -0.25) is 0 Å². The molecule has 1 aromatic rings. The Kier molecular flexibility index (Phi) is 7.80. The van der Waals surface area contributed by atoms with E-state index in [1.165, 1.54) is 19.2 Å². The monoisotopic (exact) mass is 365 g/mol. The standard InChI is InChI=1S/C18H22FNO4.C2H6/c1-18(2,3)24-17(22)20-9-7-12(8-10-20)13-5-6-15(19)14(11-13)16(21)23-4;1-2/h5-7,11H,8-10H2,1-4H3;1-2H3. The molecular formula is C20H28FNO4. The zero-order valence-corrected chi connectivity index (χ0v) is 16.4. The fourth-order valence-corrected chi connectivity index (χ4v) is 2.42. The molecule has 0 radical (unpaired) electrons. The van der Waals surface area contributed by atoms with Gasteiger partial charge >= 0.3 is 12.1 Å². The van der Waals surface area contributed by atoms with Crippen molar-refractivity contribution in [3.8, 4) is 0 Å². The van der Waals surface area contributed by atoms with Gasteiger partial charge in [0.2, 0.25) is 0 Å². The van der Waals surface area contributed by atoms with Crippen molar-refractivity contribution in [2.24, 2.45) is 0 Å². The van der Waals surface area contributed by atoms with Gasteiger partial charge in [-0.15, -0.1) is 0 Å². The highest BCUT2D eigenvalue weighted by molar-refractivity contribution is 5.91. The average Bonchev–Trinajstić information content (AvgIpc) is 2.62. The molecule has 0 saturated carbocycles. The maximum absolute atomic E-state index is 13.7. The van der Waals surface area contributed by atoms with Gasteiger partial charge < -0.3 is 14.4 Å². The van der Waals surface area contributed by atoms with Crippen molar-refractivity contribution >= 4 is 17.6 Å². The number of hydrogen-bond acceptors (Lipinski definition) is 4. The van der Waals surface area contributed by atoms with Crippen molar-refractivity contribution in [3.05, 3.63) is 41.2 Å². The number of nitrogens with zero attached hydrogens (tertiary/aromatic N) is 1. The Morgan fingerprint density at radius 3 is 2.35 bits per heavy atom. The van der Waals surface area contributed by atoms with Gasteiger partial charge in [0.1, 0.15) is 11.4 Å². The molecule has 1 aromatic carbocycles. The molecular weight excluding hydrogens is 337 g/mol. The average molecular weight is 365 g/mol. The molecule has 26 heavy (non-hydrogen) atoms. The third kappa shape index (κ3) is 5.86. The molecule has 0 atom stereocenters. The third-order valence-electron chi connectivity index (χ3n) is 3.60. The van der Waals surface area contributed by atoms with E-state index in [1.54, 1.807) is 11.0 Å². The normalized spacial score (nSPS) is 14.0. The topological polar surface area (TPSA) is 55.8 Å². The fraction of sp³-hybridized carbons (Fsp3) is 0.500. The Hall–Kier alpha value is -2.37. The van der Waals surface area contributed by atoms with Crippen LogP contribution in [0.5, 0.6) is 0 Å². The van der Waals surface area contributed by atoms with Crippen LogP contribution in [-0.4, -0.2) is 42.8 Å². The molecule has 1 aliphatic heterocycles. The van der Waals surface area contributed by atoms with Crippen LogP contribution in [0.15, 0.2) is 24.3 Å². The highest BCUT2D eigenvalue weighted by Gasteiger charge is 2.24. The molecule has 0 unspecified atom stereocenters. The summed E-state index contributed by atoms with van der Waals surface area (Å²) in [5.74, 6) is -1.32. The largest absolute Gasteiger partial charge is 0.465 e. The zero-order chi connectivity index (χ0) is 19.9. The number of carbonyl (C=O) groups is 2. The lowest BCUT2D eigenvalue weighted by Gasteiger charge is -2.29. The van der Waals surface area contributed by atoms with Gasteiger partial charge in [0.25, 0.3) is 0 Å². The molecule has 0 saturated heterocycles. The van der Waals surface area contributed by atoms with Crippen molar-refractivity contribution in [2.75, 3.05) is 20.2 Å². The van der Waals surface area contributed by atoms with Crippen LogP contribution in [0.2, 0.25) is 0 Å². The summed E-state index contributed by atoms with van der Waals surface area (Å²) < 4.78 is 23.6. The van der Waals surface area contributed by atoms with Gasteiger partial charge in [0.05, 0.1) is 12.7 Å². The van der Waals surface area contributed by atoms with E-state index in [0.29, 0.717) is 19.5 Å². The van der Waals surface area contributed by atoms with Crippen LogP contribution < -0.4 is 0 Å². The molecule has 6 heteroatoms. The summed E-state index contributed by atoms with van der Waals surface area (Å²) in [5, 5.41) is 0. The zero-order valence-electron chi connectivity index (χ0n) is 16.4. The summed E-state index contributed by atoms with van der Waals surface area (Å²) in [6.45, 7) is 10.4. The second kappa shape index (κ2) is 9.36. The van der Waals surface area contributed by atoms with Gasteiger partial charge in [-0.2, -0.15) is 0 Å². The Bertz CT molecular complexity index is 677. The molecule has 2 rings (SSSR count). The molecule has 144 valence electrons. The second-order valence-corrected chi connectivity index (χ2v) is 6.59. The summed E-state index contributed by atoms with van der Waals surface area (Å²) in [7, 11) is 1.22. The van der Waals surface area contributed by atoms with E-state index in [0.717, 1.165) is 11.1 Å². The summed E-state index contributed by atoms with van der Waals surface area (Å²) >= 11 is 0. The molecule has 5 nitrogen and oxygen atoms in total. The Balaban J connectivity index is 0.00000163. The minimum Gasteiger partial charge on any atom is -0.465 e. The Morgan fingerprint density at radius 2 is 1.85 bits per heavy atom. The Labute approximate surface area is 154 Å². The van der Waals surface area contributed by atoms with Crippen molar-refractivity contribution in [1.82, 2.24) is 4.90 Å². The highest BCUT2D eigenvalue weighted by Crippen LogP contribution is 2.25. The lowest BCUT2D eigenvalue weighted by molar-refractivity contribution is 0.0270. The van der Waals surface area contributed by atoms with Crippen LogP contribution in [0.3, 0.4) is 0 Å².